The molecular weight excluding hydrogens is 240 g/mol. The van der Waals surface area contributed by atoms with Gasteiger partial charge in [0.1, 0.15) is 0 Å². The molecule has 0 saturated carbocycles. The minimum absolute atomic E-state index is 0.211. The molecule has 0 amide bonds. The van der Waals surface area contributed by atoms with Gasteiger partial charge < -0.3 is 14.2 Å². The lowest BCUT2D eigenvalue weighted by Gasteiger charge is -2.52. The predicted molar refractivity (Wildman–Crippen MR) is 78.2 cm³/mol. The second kappa shape index (κ2) is 6.27. The summed E-state index contributed by atoms with van der Waals surface area (Å²) in [7, 11) is 0. The molecule has 1 fully saturated rings. The molecule has 0 aromatic heterocycles. The van der Waals surface area contributed by atoms with Gasteiger partial charge >= 0.3 is 0 Å². The van der Waals surface area contributed by atoms with Gasteiger partial charge in [0.25, 0.3) is 0 Å². The average Bonchev–Trinajstić information content (AvgIpc) is 2.29. The lowest BCUT2D eigenvalue weighted by molar-refractivity contribution is -0.299. The van der Waals surface area contributed by atoms with E-state index in [1.54, 1.807) is 6.26 Å². The summed E-state index contributed by atoms with van der Waals surface area (Å²) in [6.45, 7) is 14.0. The van der Waals surface area contributed by atoms with Gasteiger partial charge in [-0.2, -0.15) is 0 Å². The first kappa shape index (κ1) is 16.5. The van der Waals surface area contributed by atoms with Gasteiger partial charge in [-0.05, 0) is 53.9 Å². The SMILES string of the molecule is CCC=COCCCC1(C)COC(C)(C)C(C)(C)O1. The maximum atomic E-state index is 6.31. The number of hydrogen-bond donors (Lipinski definition) is 0. The van der Waals surface area contributed by atoms with Crippen molar-refractivity contribution in [2.24, 2.45) is 0 Å². The highest BCUT2D eigenvalue weighted by Crippen LogP contribution is 2.40. The van der Waals surface area contributed by atoms with Gasteiger partial charge in [-0.1, -0.05) is 13.0 Å². The van der Waals surface area contributed by atoms with Gasteiger partial charge in [0, 0.05) is 0 Å². The molecule has 1 unspecified atom stereocenters. The van der Waals surface area contributed by atoms with Crippen LogP contribution in [0.15, 0.2) is 12.3 Å². The standard InChI is InChI=1S/C16H30O3/c1-7-8-11-17-12-9-10-16(6)13-18-14(2,3)15(4,5)19-16/h8,11H,7,9-10,12-13H2,1-6H3. The summed E-state index contributed by atoms with van der Waals surface area (Å²) >= 11 is 0. The first-order chi connectivity index (χ1) is 8.72. The lowest BCUT2D eigenvalue weighted by atomic mass is 9.85. The highest BCUT2D eigenvalue weighted by atomic mass is 16.6. The van der Waals surface area contributed by atoms with Crippen LogP contribution in [0.3, 0.4) is 0 Å². The van der Waals surface area contributed by atoms with Gasteiger partial charge in [0.05, 0.1) is 36.3 Å². The smallest absolute Gasteiger partial charge is 0.0918 e. The van der Waals surface area contributed by atoms with Crippen molar-refractivity contribution in [2.75, 3.05) is 13.2 Å². The molecule has 0 aromatic carbocycles. The van der Waals surface area contributed by atoms with E-state index in [0.717, 1.165) is 25.9 Å². The molecule has 1 heterocycles. The number of hydrogen-bond acceptors (Lipinski definition) is 3. The molecule has 0 aliphatic carbocycles. The van der Waals surface area contributed by atoms with E-state index in [1.165, 1.54) is 0 Å². The van der Waals surface area contributed by atoms with Crippen molar-refractivity contribution in [3.63, 3.8) is 0 Å². The normalized spacial score (nSPS) is 29.6. The minimum atomic E-state index is -0.275. The molecule has 3 nitrogen and oxygen atoms in total. The topological polar surface area (TPSA) is 27.7 Å². The molecule has 0 aromatic rings. The quantitative estimate of drug-likeness (QED) is 0.538. The van der Waals surface area contributed by atoms with E-state index in [1.807, 2.05) is 6.08 Å². The molecule has 0 radical (unpaired) electrons. The predicted octanol–water partition coefficient (Wildman–Crippen LogP) is 4.07. The highest BCUT2D eigenvalue weighted by Gasteiger charge is 2.49. The molecule has 1 aliphatic rings. The van der Waals surface area contributed by atoms with Crippen LogP contribution in [-0.4, -0.2) is 30.0 Å². The van der Waals surface area contributed by atoms with E-state index in [0.29, 0.717) is 6.61 Å². The monoisotopic (exact) mass is 270 g/mol. The summed E-state index contributed by atoms with van der Waals surface area (Å²) in [6.07, 6.45) is 6.75. The van der Waals surface area contributed by atoms with Crippen molar-refractivity contribution in [2.45, 2.75) is 77.6 Å². The Bertz CT molecular complexity index is 307. The zero-order chi connectivity index (χ0) is 14.6. The van der Waals surface area contributed by atoms with Crippen LogP contribution in [0.25, 0.3) is 0 Å². The van der Waals surface area contributed by atoms with Crippen molar-refractivity contribution in [3.05, 3.63) is 12.3 Å². The van der Waals surface area contributed by atoms with Crippen LogP contribution in [0, 0.1) is 0 Å². The van der Waals surface area contributed by atoms with Crippen LogP contribution in [-0.2, 0) is 14.2 Å². The molecule has 19 heavy (non-hydrogen) atoms. The van der Waals surface area contributed by atoms with Crippen LogP contribution < -0.4 is 0 Å². The summed E-state index contributed by atoms with van der Waals surface area (Å²) in [5.41, 5.74) is -0.729. The first-order valence-electron chi connectivity index (χ1n) is 7.33. The molecule has 0 N–H and O–H groups in total. The summed E-state index contributed by atoms with van der Waals surface area (Å²) in [4.78, 5) is 0. The average molecular weight is 270 g/mol. The Morgan fingerprint density at radius 2 is 1.79 bits per heavy atom. The molecule has 0 spiro atoms. The van der Waals surface area contributed by atoms with E-state index in [4.69, 9.17) is 14.2 Å². The molecule has 1 saturated heterocycles. The van der Waals surface area contributed by atoms with Crippen molar-refractivity contribution in [1.82, 2.24) is 0 Å². The fourth-order valence-corrected chi connectivity index (χ4v) is 2.16. The molecule has 1 atom stereocenters. The molecule has 112 valence electrons. The van der Waals surface area contributed by atoms with E-state index in [-0.39, 0.29) is 16.8 Å². The third-order valence-corrected chi connectivity index (χ3v) is 4.09. The van der Waals surface area contributed by atoms with E-state index < -0.39 is 0 Å². The van der Waals surface area contributed by atoms with E-state index in [9.17, 15) is 0 Å². The Morgan fingerprint density at radius 1 is 1.11 bits per heavy atom. The minimum Gasteiger partial charge on any atom is -0.502 e. The highest BCUT2D eigenvalue weighted by molar-refractivity contribution is 4.97. The van der Waals surface area contributed by atoms with Crippen LogP contribution >= 0.6 is 0 Å². The van der Waals surface area contributed by atoms with E-state index in [2.05, 4.69) is 41.5 Å². The second-order valence-corrected chi connectivity index (χ2v) is 6.62. The summed E-state index contributed by atoms with van der Waals surface area (Å²) in [5.74, 6) is 0. The van der Waals surface area contributed by atoms with Crippen LogP contribution in [0.1, 0.15) is 60.8 Å². The summed E-state index contributed by atoms with van der Waals surface area (Å²) in [6, 6.07) is 0. The third-order valence-electron chi connectivity index (χ3n) is 4.09. The summed E-state index contributed by atoms with van der Waals surface area (Å²) in [5, 5.41) is 0. The van der Waals surface area contributed by atoms with Gasteiger partial charge in [0.2, 0.25) is 0 Å². The fraction of sp³-hybridized carbons (Fsp3) is 0.875. The van der Waals surface area contributed by atoms with Crippen molar-refractivity contribution < 1.29 is 14.2 Å². The Labute approximate surface area is 118 Å². The maximum Gasteiger partial charge on any atom is 0.0918 e. The Balaban J connectivity index is 2.39. The number of ether oxygens (including phenoxy) is 3. The van der Waals surface area contributed by atoms with Gasteiger partial charge in [-0.3, -0.25) is 0 Å². The van der Waals surface area contributed by atoms with Gasteiger partial charge in [-0.15, -0.1) is 0 Å². The molecule has 0 bridgehead atoms. The molecule has 1 rings (SSSR count). The Morgan fingerprint density at radius 3 is 2.37 bits per heavy atom. The third kappa shape index (κ3) is 4.50. The zero-order valence-corrected chi connectivity index (χ0v) is 13.4. The molecule has 3 heteroatoms. The fourth-order valence-electron chi connectivity index (χ4n) is 2.16. The maximum absolute atomic E-state index is 6.31. The Hall–Kier alpha value is -0.540. The number of allylic oxidation sites excluding steroid dienone is 1. The molecule has 1 aliphatic heterocycles. The second-order valence-electron chi connectivity index (χ2n) is 6.62. The van der Waals surface area contributed by atoms with Crippen molar-refractivity contribution in [3.8, 4) is 0 Å². The van der Waals surface area contributed by atoms with Crippen molar-refractivity contribution in [1.29, 1.82) is 0 Å². The van der Waals surface area contributed by atoms with Crippen LogP contribution in [0.2, 0.25) is 0 Å². The first-order valence-corrected chi connectivity index (χ1v) is 7.33. The van der Waals surface area contributed by atoms with Crippen molar-refractivity contribution >= 4 is 0 Å². The van der Waals surface area contributed by atoms with Gasteiger partial charge in [0.15, 0.2) is 0 Å². The lowest BCUT2D eigenvalue weighted by Crippen LogP contribution is -2.61. The van der Waals surface area contributed by atoms with Crippen LogP contribution in [0.5, 0.6) is 0 Å². The van der Waals surface area contributed by atoms with E-state index >= 15 is 0 Å². The zero-order valence-electron chi connectivity index (χ0n) is 13.4. The van der Waals surface area contributed by atoms with Crippen LogP contribution in [0.4, 0.5) is 0 Å². The largest absolute Gasteiger partial charge is 0.502 e. The number of rotatable bonds is 6. The molecular formula is C16H30O3. The Kier molecular flexibility index (Phi) is 5.45. The van der Waals surface area contributed by atoms with Gasteiger partial charge in [-0.25, -0.2) is 0 Å². The summed E-state index contributed by atoms with van der Waals surface area (Å²) < 4.78 is 17.7.